The van der Waals surface area contributed by atoms with E-state index in [0.29, 0.717) is 29.6 Å². The lowest BCUT2D eigenvalue weighted by molar-refractivity contribution is 0.0998. The lowest BCUT2D eigenvalue weighted by Gasteiger charge is -2.35. The highest BCUT2D eigenvalue weighted by Crippen LogP contribution is 2.36. The third kappa shape index (κ3) is 4.13. The largest absolute Gasteiger partial charge is 0.368 e. The molecule has 1 aromatic heterocycles. The summed E-state index contributed by atoms with van der Waals surface area (Å²) in [6.45, 7) is 4.51. The van der Waals surface area contributed by atoms with Crippen molar-refractivity contribution in [2.75, 3.05) is 66.3 Å². The number of aliphatic imine (C=N–C) groups is 1. The van der Waals surface area contributed by atoms with Gasteiger partial charge in [0.25, 0.3) is 5.91 Å². The molecular formula is C25H23ClF2N8O. The SMILES string of the molecule is CN1CCN(c2ccc(Nc3ncc4c(n3)N3CCN=C3N(c3c(F)cccc3F)C4=O)cc2Cl)CC1. The minimum atomic E-state index is -0.859. The summed E-state index contributed by atoms with van der Waals surface area (Å²) in [4.78, 5) is 33.7. The van der Waals surface area contributed by atoms with Crippen molar-refractivity contribution in [2.24, 2.45) is 4.99 Å². The lowest BCUT2D eigenvalue weighted by Crippen LogP contribution is -2.51. The Morgan fingerprint density at radius 3 is 2.51 bits per heavy atom. The molecule has 1 amide bonds. The predicted molar refractivity (Wildman–Crippen MR) is 139 cm³/mol. The summed E-state index contributed by atoms with van der Waals surface area (Å²) in [7, 11) is 2.10. The van der Waals surface area contributed by atoms with Crippen LogP contribution >= 0.6 is 11.6 Å². The Labute approximate surface area is 217 Å². The van der Waals surface area contributed by atoms with Crippen molar-refractivity contribution in [1.29, 1.82) is 0 Å². The molecular weight excluding hydrogens is 502 g/mol. The van der Waals surface area contributed by atoms with Gasteiger partial charge >= 0.3 is 0 Å². The monoisotopic (exact) mass is 524 g/mol. The number of hydrogen-bond donors (Lipinski definition) is 1. The third-order valence-corrected chi connectivity index (χ3v) is 6.99. The molecule has 190 valence electrons. The average molecular weight is 525 g/mol. The summed E-state index contributed by atoms with van der Waals surface area (Å²) in [6.07, 6.45) is 1.36. The normalized spacial score (nSPS) is 17.6. The molecule has 3 aliphatic rings. The van der Waals surface area contributed by atoms with Crippen LogP contribution in [0.4, 0.5) is 37.6 Å². The maximum absolute atomic E-state index is 14.6. The van der Waals surface area contributed by atoms with E-state index >= 15 is 0 Å². The number of nitrogens with one attached hydrogen (secondary N) is 1. The van der Waals surface area contributed by atoms with Gasteiger partial charge < -0.3 is 15.1 Å². The van der Waals surface area contributed by atoms with E-state index in [2.05, 4.69) is 37.1 Å². The average Bonchev–Trinajstić information content (AvgIpc) is 3.36. The number of fused-ring (bicyclic) bond motifs is 3. The van der Waals surface area contributed by atoms with Gasteiger partial charge in [-0.05, 0) is 37.4 Å². The summed E-state index contributed by atoms with van der Waals surface area (Å²) in [5.41, 5.74) is 1.31. The highest BCUT2D eigenvalue weighted by Gasteiger charge is 2.41. The number of hydrogen-bond acceptors (Lipinski definition) is 8. The fourth-order valence-corrected chi connectivity index (χ4v) is 5.05. The van der Waals surface area contributed by atoms with E-state index in [4.69, 9.17) is 11.6 Å². The molecule has 4 heterocycles. The summed E-state index contributed by atoms with van der Waals surface area (Å²) < 4.78 is 29.2. The molecule has 1 fully saturated rings. The van der Waals surface area contributed by atoms with Crippen molar-refractivity contribution in [2.45, 2.75) is 0 Å². The van der Waals surface area contributed by atoms with Gasteiger partial charge in [0, 0.05) is 44.6 Å². The van der Waals surface area contributed by atoms with Crippen LogP contribution in [0.15, 0.2) is 47.6 Å². The van der Waals surface area contributed by atoms with Gasteiger partial charge in [0.2, 0.25) is 11.9 Å². The zero-order chi connectivity index (χ0) is 25.7. The van der Waals surface area contributed by atoms with Crippen LogP contribution in [0.5, 0.6) is 0 Å². The number of halogens is 3. The Kier molecular flexibility index (Phi) is 5.88. The topological polar surface area (TPSA) is 80.2 Å². The smallest absolute Gasteiger partial charge is 0.270 e. The van der Waals surface area contributed by atoms with Gasteiger partial charge in [-0.3, -0.25) is 14.7 Å². The first-order chi connectivity index (χ1) is 17.9. The van der Waals surface area contributed by atoms with Crippen LogP contribution < -0.4 is 20.0 Å². The highest BCUT2D eigenvalue weighted by molar-refractivity contribution is 6.33. The van der Waals surface area contributed by atoms with Crippen molar-refractivity contribution in [3.63, 3.8) is 0 Å². The first kappa shape index (κ1) is 23.6. The predicted octanol–water partition coefficient (Wildman–Crippen LogP) is 3.74. The number of carbonyl (C=O) groups excluding carboxylic acids is 1. The number of nitrogens with zero attached hydrogens (tertiary/aromatic N) is 7. The molecule has 0 aliphatic carbocycles. The Bertz CT molecular complexity index is 1410. The minimum Gasteiger partial charge on any atom is -0.368 e. The van der Waals surface area contributed by atoms with E-state index in [1.54, 1.807) is 4.90 Å². The molecule has 9 nitrogen and oxygen atoms in total. The molecule has 37 heavy (non-hydrogen) atoms. The van der Waals surface area contributed by atoms with Crippen molar-refractivity contribution >= 4 is 52.3 Å². The molecule has 0 radical (unpaired) electrons. The van der Waals surface area contributed by atoms with E-state index in [1.165, 1.54) is 12.3 Å². The van der Waals surface area contributed by atoms with Gasteiger partial charge in [0.05, 0.1) is 17.3 Å². The zero-order valence-electron chi connectivity index (χ0n) is 20.0. The molecule has 1 saturated heterocycles. The number of guanidine groups is 1. The lowest BCUT2D eigenvalue weighted by atomic mass is 10.1. The van der Waals surface area contributed by atoms with E-state index < -0.39 is 23.2 Å². The van der Waals surface area contributed by atoms with Gasteiger partial charge in [0.15, 0.2) is 5.82 Å². The first-order valence-corrected chi connectivity index (χ1v) is 12.3. The van der Waals surface area contributed by atoms with Crippen LogP contribution in [-0.2, 0) is 0 Å². The molecule has 0 bridgehead atoms. The Hall–Kier alpha value is -3.83. The third-order valence-electron chi connectivity index (χ3n) is 6.69. The molecule has 12 heteroatoms. The summed E-state index contributed by atoms with van der Waals surface area (Å²) in [5.74, 6) is -1.66. The van der Waals surface area contributed by atoms with Crippen molar-refractivity contribution in [3.8, 4) is 0 Å². The molecule has 6 rings (SSSR count). The van der Waals surface area contributed by atoms with Crippen LogP contribution in [-0.4, -0.2) is 73.1 Å². The minimum absolute atomic E-state index is 0.123. The van der Waals surface area contributed by atoms with Crippen molar-refractivity contribution in [1.82, 2.24) is 14.9 Å². The van der Waals surface area contributed by atoms with Gasteiger partial charge in [-0.2, -0.15) is 4.98 Å². The summed E-state index contributed by atoms with van der Waals surface area (Å²) in [5, 5.41) is 3.75. The second-order valence-corrected chi connectivity index (χ2v) is 9.46. The number of amides is 1. The van der Waals surface area contributed by atoms with Crippen LogP contribution in [0.1, 0.15) is 10.4 Å². The molecule has 0 saturated carbocycles. The zero-order valence-corrected chi connectivity index (χ0v) is 20.7. The van der Waals surface area contributed by atoms with Crippen LogP contribution in [0.2, 0.25) is 5.02 Å². The second-order valence-electron chi connectivity index (χ2n) is 9.06. The highest BCUT2D eigenvalue weighted by atomic mass is 35.5. The number of rotatable bonds is 4. The molecule has 3 aliphatic heterocycles. The standard InChI is InChI=1S/C25H23ClF2N8O/c1-33-9-11-34(12-10-33)20-6-5-15(13-17(20)26)31-24-30-14-16-22(32-24)35-8-7-29-25(35)36(23(16)37)21-18(27)3-2-4-19(21)28/h2-6,13-14H,7-12H2,1H3,(H,30,31,32). The second kappa shape index (κ2) is 9.24. The Balaban J connectivity index is 1.29. The van der Waals surface area contributed by atoms with Crippen LogP contribution in [0, 0.1) is 11.6 Å². The van der Waals surface area contributed by atoms with E-state index in [0.717, 1.165) is 48.9 Å². The number of aromatic nitrogens is 2. The molecule has 1 N–H and O–H groups in total. The Morgan fingerprint density at radius 2 is 1.78 bits per heavy atom. The number of carbonyl (C=O) groups is 1. The fourth-order valence-electron chi connectivity index (χ4n) is 4.75. The molecule has 0 atom stereocenters. The number of likely N-dealkylation sites (N-methyl/N-ethyl adjacent to an activating group) is 1. The van der Waals surface area contributed by atoms with E-state index in [9.17, 15) is 13.6 Å². The van der Waals surface area contributed by atoms with Crippen LogP contribution in [0.3, 0.4) is 0 Å². The number of anilines is 5. The molecule has 0 unspecified atom stereocenters. The summed E-state index contributed by atoms with van der Waals surface area (Å²) in [6, 6.07) is 9.13. The van der Waals surface area contributed by atoms with Gasteiger partial charge in [0.1, 0.15) is 22.9 Å². The maximum atomic E-state index is 14.6. The molecule has 0 spiro atoms. The number of piperazine rings is 1. The maximum Gasteiger partial charge on any atom is 0.270 e. The quantitative estimate of drug-likeness (QED) is 0.557. The van der Waals surface area contributed by atoms with Crippen molar-refractivity contribution < 1.29 is 13.6 Å². The van der Waals surface area contributed by atoms with E-state index in [1.807, 2.05) is 18.2 Å². The van der Waals surface area contributed by atoms with Crippen LogP contribution in [0.25, 0.3) is 0 Å². The summed E-state index contributed by atoms with van der Waals surface area (Å²) >= 11 is 6.60. The first-order valence-electron chi connectivity index (χ1n) is 11.9. The number of para-hydroxylation sites is 1. The molecule has 2 aromatic carbocycles. The van der Waals surface area contributed by atoms with Gasteiger partial charge in [-0.25, -0.2) is 18.7 Å². The van der Waals surface area contributed by atoms with E-state index in [-0.39, 0.29) is 17.5 Å². The van der Waals surface area contributed by atoms with Crippen molar-refractivity contribution in [3.05, 3.63) is 64.8 Å². The fraction of sp³-hybridized carbons (Fsp3) is 0.280. The van der Waals surface area contributed by atoms with Gasteiger partial charge in [-0.1, -0.05) is 17.7 Å². The Morgan fingerprint density at radius 1 is 1.03 bits per heavy atom. The van der Waals surface area contributed by atoms with Gasteiger partial charge in [-0.15, -0.1) is 0 Å². The molecule has 3 aromatic rings. The number of benzene rings is 2.